The fourth-order valence-electron chi connectivity index (χ4n) is 1.48. The Morgan fingerprint density at radius 2 is 2.22 bits per heavy atom. The summed E-state index contributed by atoms with van der Waals surface area (Å²) in [6, 6.07) is 0. The average molecular weight is 242 g/mol. The van der Waals surface area contributed by atoms with Gasteiger partial charge < -0.3 is 4.52 Å². The molecule has 0 saturated carbocycles. The van der Waals surface area contributed by atoms with Crippen LogP contribution in [0, 0.1) is 0 Å². The summed E-state index contributed by atoms with van der Waals surface area (Å²) >= 11 is 0. The lowest BCUT2D eigenvalue weighted by atomic mass is 10.4. The Hall–Kier alpha value is -2.57. The highest BCUT2D eigenvalue weighted by molar-refractivity contribution is 5.45. The first-order valence-corrected chi connectivity index (χ1v) is 5.50. The van der Waals surface area contributed by atoms with Crippen LogP contribution in [0.1, 0.15) is 12.7 Å². The number of imidazole rings is 1. The van der Waals surface area contributed by atoms with E-state index in [-0.39, 0.29) is 0 Å². The standard InChI is InChI=1S/C11H10N6O/c1-2-9-15-11(18-16-9)8-6-17(7-14-8)10-5-12-3-4-13-10/h3-7H,2H2,1H3. The van der Waals surface area contributed by atoms with Crippen LogP contribution in [-0.2, 0) is 6.42 Å². The van der Waals surface area contributed by atoms with Gasteiger partial charge in [0.1, 0.15) is 12.0 Å². The maximum atomic E-state index is 5.12. The van der Waals surface area contributed by atoms with E-state index in [1.807, 2.05) is 6.92 Å². The van der Waals surface area contributed by atoms with Crippen molar-refractivity contribution in [1.29, 1.82) is 0 Å². The molecule has 0 unspecified atom stereocenters. The molecule has 3 rings (SSSR count). The van der Waals surface area contributed by atoms with Crippen LogP contribution in [0.2, 0.25) is 0 Å². The van der Waals surface area contributed by atoms with E-state index in [2.05, 4.69) is 25.1 Å². The van der Waals surface area contributed by atoms with E-state index >= 15 is 0 Å². The minimum Gasteiger partial charge on any atom is -0.332 e. The quantitative estimate of drug-likeness (QED) is 0.687. The Morgan fingerprint density at radius 1 is 1.28 bits per heavy atom. The van der Waals surface area contributed by atoms with Gasteiger partial charge in [-0.1, -0.05) is 12.1 Å². The molecule has 7 nitrogen and oxygen atoms in total. The Labute approximate surface area is 103 Å². The van der Waals surface area contributed by atoms with Gasteiger partial charge in [-0.15, -0.1) is 0 Å². The molecule has 90 valence electrons. The van der Waals surface area contributed by atoms with Crippen molar-refractivity contribution < 1.29 is 4.52 Å². The third-order valence-electron chi connectivity index (χ3n) is 2.40. The highest BCUT2D eigenvalue weighted by atomic mass is 16.5. The van der Waals surface area contributed by atoms with E-state index in [0.717, 1.165) is 6.42 Å². The fourth-order valence-corrected chi connectivity index (χ4v) is 1.48. The van der Waals surface area contributed by atoms with Gasteiger partial charge in [-0.05, 0) is 0 Å². The van der Waals surface area contributed by atoms with Crippen molar-refractivity contribution in [3.8, 4) is 17.4 Å². The smallest absolute Gasteiger partial charge is 0.278 e. The molecule has 3 heterocycles. The van der Waals surface area contributed by atoms with E-state index in [1.54, 1.807) is 35.7 Å². The van der Waals surface area contributed by atoms with Crippen LogP contribution in [0.15, 0.2) is 35.6 Å². The van der Waals surface area contributed by atoms with Crippen molar-refractivity contribution in [1.82, 2.24) is 29.7 Å². The van der Waals surface area contributed by atoms with Gasteiger partial charge >= 0.3 is 0 Å². The van der Waals surface area contributed by atoms with E-state index in [9.17, 15) is 0 Å². The molecule has 0 bridgehead atoms. The Balaban J connectivity index is 1.94. The molecule has 0 fully saturated rings. The largest absolute Gasteiger partial charge is 0.332 e. The number of rotatable bonds is 3. The monoisotopic (exact) mass is 242 g/mol. The topological polar surface area (TPSA) is 82.5 Å². The van der Waals surface area contributed by atoms with Crippen molar-refractivity contribution in [2.75, 3.05) is 0 Å². The first kappa shape index (κ1) is 10.6. The van der Waals surface area contributed by atoms with E-state index in [1.165, 1.54) is 0 Å². The minimum absolute atomic E-state index is 0.412. The van der Waals surface area contributed by atoms with Gasteiger partial charge in [0.2, 0.25) is 0 Å². The van der Waals surface area contributed by atoms with Gasteiger partial charge in [-0.25, -0.2) is 9.97 Å². The van der Waals surface area contributed by atoms with Crippen molar-refractivity contribution in [3.63, 3.8) is 0 Å². The van der Waals surface area contributed by atoms with Crippen LogP contribution < -0.4 is 0 Å². The van der Waals surface area contributed by atoms with Crippen molar-refractivity contribution >= 4 is 0 Å². The molecule has 0 aliphatic carbocycles. The summed E-state index contributed by atoms with van der Waals surface area (Å²) in [6.45, 7) is 1.97. The molecule has 7 heteroatoms. The zero-order valence-corrected chi connectivity index (χ0v) is 9.69. The van der Waals surface area contributed by atoms with Gasteiger partial charge in [0.25, 0.3) is 5.89 Å². The van der Waals surface area contributed by atoms with Crippen LogP contribution in [0.3, 0.4) is 0 Å². The predicted molar refractivity (Wildman–Crippen MR) is 61.8 cm³/mol. The molecule has 0 spiro atoms. The van der Waals surface area contributed by atoms with Crippen molar-refractivity contribution in [2.24, 2.45) is 0 Å². The number of hydrogen-bond acceptors (Lipinski definition) is 6. The molecule has 0 aliphatic heterocycles. The van der Waals surface area contributed by atoms with E-state index < -0.39 is 0 Å². The van der Waals surface area contributed by atoms with Gasteiger partial charge in [0, 0.05) is 25.0 Å². The molecule has 0 saturated heterocycles. The van der Waals surface area contributed by atoms with E-state index in [4.69, 9.17) is 4.52 Å². The molecule has 18 heavy (non-hydrogen) atoms. The highest BCUT2D eigenvalue weighted by Gasteiger charge is 2.11. The number of hydrogen-bond donors (Lipinski definition) is 0. The Kier molecular flexibility index (Phi) is 2.56. The number of aromatic nitrogens is 6. The summed E-state index contributed by atoms with van der Waals surface area (Å²) in [5.74, 6) is 1.76. The SMILES string of the molecule is CCc1noc(-c2cn(-c3cnccn3)cn2)n1. The van der Waals surface area contributed by atoms with Gasteiger partial charge in [-0.2, -0.15) is 4.98 Å². The normalized spacial score (nSPS) is 10.7. The molecule has 0 aliphatic rings. The Bertz CT molecular complexity index is 644. The van der Waals surface area contributed by atoms with E-state index in [0.29, 0.717) is 23.2 Å². The van der Waals surface area contributed by atoms with Gasteiger partial charge in [-0.3, -0.25) is 9.55 Å². The molecular formula is C11H10N6O. The van der Waals surface area contributed by atoms with Crippen molar-refractivity contribution in [2.45, 2.75) is 13.3 Å². The van der Waals surface area contributed by atoms with Crippen LogP contribution in [0.4, 0.5) is 0 Å². The second kappa shape index (κ2) is 4.36. The van der Waals surface area contributed by atoms with Crippen LogP contribution >= 0.6 is 0 Å². The molecule has 0 aromatic carbocycles. The molecule has 0 amide bonds. The fraction of sp³-hybridized carbons (Fsp3) is 0.182. The summed E-state index contributed by atoms with van der Waals surface area (Å²) in [6.07, 6.45) is 9.03. The first-order valence-electron chi connectivity index (χ1n) is 5.50. The molecule has 0 N–H and O–H groups in total. The molecule has 0 radical (unpaired) electrons. The first-order chi connectivity index (χ1) is 8.86. The summed E-state index contributed by atoms with van der Waals surface area (Å²) < 4.78 is 6.87. The van der Waals surface area contributed by atoms with Gasteiger partial charge in [0.05, 0.1) is 6.20 Å². The number of nitrogens with zero attached hydrogens (tertiary/aromatic N) is 6. The zero-order valence-electron chi connectivity index (χ0n) is 9.69. The highest BCUT2D eigenvalue weighted by Crippen LogP contribution is 2.15. The molecule has 0 atom stereocenters. The minimum atomic E-state index is 0.412. The predicted octanol–water partition coefficient (Wildman–Crippen LogP) is 1.27. The second-order valence-electron chi connectivity index (χ2n) is 3.60. The lowest BCUT2D eigenvalue weighted by Gasteiger charge is -1.96. The third-order valence-corrected chi connectivity index (χ3v) is 2.40. The summed E-state index contributed by atoms with van der Waals surface area (Å²) in [5, 5.41) is 3.83. The summed E-state index contributed by atoms with van der Waals surface area (Å²) in [5.41, 5.74) is 0.618. The maximum Gasteiger partial charge on any atom is 0.278 e. The van der Waals surface area contributed by atoms with Gasteiger partial charge in [0.15, 0.2) is 11.6 Å². The van der Waals surface area contributed by atoms with Crippen LogP contribution in [0.5, 0.6) is 0 Å². The summed E-state index contributed by atoms with van der Waals surface area (Å²) in [4.78, 5) is 16.6. The third kappa shape index (κ3) is 1.86. The number of aryl methyl sites for hydroxylation is 1. The lowest BCUT2D eigenvalue weighted by molar-refractivity contribution is 0.422. The zero-order chi connectivity index (χ0) is 12.4. The van der Waals surface area contributed by atoms with Crippen LogP contribution in [-0.4, -0.2) is 29.7 Å². The maximum absolute atomic E-state index is 5.12. The van der Waals surface area contributed by atoms with Crippen LogP contribution in [0.25, 0.3) is 17.4 Å². The second-order valence-corrected chi connectivity index (χ2v) is 3.60. The Morgan fingerprint density at radius 3 is 2.94 bits per heavy atom. The molecular weight excluding hydrogens is 232 g/mol. The molecule has 3 aromatic heterocycles. The summed E-state index contributed by atoms with van der Waals surface area (Å²) in [7, 11) is 0. The lowest BCUT2D eigenvalue weighted by Crippen LogP contribution is -1.93. The van der Waals surface area contributed by atoms with Crippen molar-refractivity contribution in [3.05, 3.63) is 36.9 Å². The average Bonchev–Trinajstić information content (AvgIpc) is 3.08. The molecule has 3 aromatic rings.